The largest absolute Gasteiger partial charge is 0.479 e. The summed E-state index contributed by atoms with van der Waals surface area (Å²) in [5, 5.41) is 11.6. The smallest absolute Gasteiger partial charge is 0.332 e. The van der Waals surface area contributed by atoms with Crippen LogP contribution in [0.25, 0.3) is 0 Å². The highest BCUT2D eigenvalue weighted by Gasteiger charge is 2.12. The van der Waals surface area contributed by atoms with E-state index in [0.29, 0.717) is 5.92 Å². The first-order valence-corrected chi connectivity index (χ1v) is 5.67. The van der Waals surface area contributed by atoms with Gasteiger partial charge in [-0.1, -0.05) is 13.8 Å². The van der Waals surface area contributed by atoms with E-state index in [-0.39, 0.29) is 6.61 Å². The number of rotatable bonds is 5. The van der Waals surface area contributed by atoms with Crippen LogP contribution in [0.3, 0.4) is 0 Å². The second-order valence-electron chi connectivity index (χ2n) is 3.62. The van der Waals surface area contributed by atoms with Crippen molar-refractivity contribution in [2.24, 2.45) is 0 Å². The van der Waals surface area contributed by atoms with Gasteiger partial charge in [0.25, 0.3) is 0 Å². The van der Waals surface area contributed by atoms with Crippen LogP contribution in [-0.2, 0) is 16.1 Å². The van der Waals surface area contributed by atoms with E-state index in [0.717, 1.165) is 10.7 Å². The molecule has 15 heavy (non-hydrogen) atoms. The molecule has 0 saturated carbocycles. The third kappa shape index (κ3) is 3.60. The molecule has 0 fully saturated rings. The average molecular weight is 229 g/mol. The number of carboxylic acid groups (broad SMARTS) is 1. The summed E-state index contributed by atoms with van der Waals surface area (Å²) in [7, 11) is 0. The lowest BCUT2D eigenvalue weighted by molar-refractivity contribution is -0.149. The monoisotopic (exact) mass is 229 g/mol. The van der Waals surface area contributed by atoms with Crippen LogP contribution in [0.5, 0.6) is 0 Å². The van der Waals surface area contributed by atoms with Gasteiger partial charge in [0, 0.05) is 11.3 Å². The second-order valence-corrected chi connectivity index (χ2v) is 4.51. The van der Waals surface area contributed by atoms with Crippen molar-refractivity contribution in [2.45, 2.75) is 39.4 Å². The molecule has 4 nitrogen and oxygen atoms in total. The summed E-state index contributed by atoms with van der Waals surface area (Å²) < 4.78 is 5.13. The van der Waals surface area contributed by atoms with Gasteiger partial charge in [0.15, 0.2) is 6.10 Å². The first-order valence-electron chi connectivity index (χ1n) is 4.79. The van der Waals surface area contributed by atoms with Gasteiger partial charge in [-0.05, 0) is 6.92 Å². The average Bonchev–Trinajstić information content (AvgIpc) is 2.62. The molecule has 0 spiro atoms. The third-order valence-electron chi connectivity index (χ3n) is 1.89. The molecular formula is C10H15NO3S. The number of carboxylic acids is 1. The predicted molar refractivity (Wildman–Crippen MR) is 58.1 cm³/mol. The number of hydrogen-bond donors (Lipinski definition) is 1. The molecule has 1 rings (SSSR count). The maximum Gasteiger partial charge on any atom is 0.332 e. The Kier molecular flexibility index (Phi) is 4.23. The summed E-state index contributed by atoms with van der Waals surface area (Å²) in [6.07, 6.45) is -0.783. The molecule has 1 aromatic rings. The molecule has 1 N–H and O–H groups in total. The normalized spacial score (nSPS) is 13.1. The number of hydrogen-bond acceptors (Lipinski definition) is 4. The van der Waals surface area contributed by atoms with Crippen LogP contribution >= 0.6 is 11.3 Å². The molecule has 0 unspecified atom stereocenters. The quantitative estimate of drug-likeness (QED) is 0.841. The lowest BCUT2D eigenvalue weighted by atomic mass is 10.2. The Morgan fingerprint density at radius 3 is 2.73 bits per heavy atom. The third-order valence-corrected chi connectivity index (χ3v) is 3.09. The van der Waals surface area contributed by atoms with Crippen LogP contribution in [0.2, 0.25) is 0 Å². The number of carbonyl (C=O) groups is 1. The Labute approximate surface area is 92.9 Å². The summed E-state index contributed by atoms with van der Waals surface area (Å²) in [5.41, 5.74) is 0.803. The SMILES string of the molecule is CC(C)c1nc(CO[C@H](C)C(=O)O)cs1. The van der Waals surface area contributed by atoms with Crippen LogP contribution in [0.1, 0.15) is 37.4 Å². The second kappa shape index (κ2) is 5.23. The van der Waals surface area contributed by atoms with Crippen molar-refractivity contribution in [1.29, 1.82) is 0 Å². The molecule has 0 aliphatic heterocycles. The molecular weight excluding hydrogens is 214 g/mol. The van der Waals surface area contributed by atoms with Crippen LogP contribution in [0, 0.1) is 0 Å². The van der Waals surface area contributed by atoms with Gasteiger partial charge in [0.05, 0.1) is 17.3 Å². The maximum absolute atomic E-state index is 10.5. The topological polar surface area (TPSA) is 59.4 Å². The highest BCUT2D eigenvalue weighted by molar-refractivity contribution is 7.09. The van der Waals surface area contributed by atoms with E-state index in [1.807, 2.05) is 5.38 Å². The predicted octanol–water partition coefficient (Wildman–Crippen LogP) is 2.26. The van der Waals surface area contributed by atoms with Crippen LogP contribution in [0.4, 0.5) is 0 Å². The molecule has 1 atom stereocenters. The van der Waals surface area contributed by atoms with Gasteiger partial charge in [-0.15, -0.1) is 11.3 Å². The Balaban J connectivity index is 2.47. The zero-order valence-corrected chi connectivity index (χ0v) is 9.87. The van der Waals surface area contributed by atoms with Crippen molar-refractivity contribution in [2.75, 3.05) is 0 Å². The van der Waals surface area contributed by atoms with E-state index in [4.69, 9.17) is 9.84 Å². The fourth-order valence-corrected chi connectivity index (χ4v) is 1.76. The summed E-state index contributed by atoms with van der Waals surface area (Å²) in [6, 6.07) is 0. The van der Waals surface area contributed by atoms with Crippen molar-refractivity contribution >= 4 is 17.3 Å². The van der Waals surface area contributed by atoms with Crippen molar-refractivity contribution in [1.82, 2.24) is 4.98 Å². The fourth-order valence-electron chi connectivity index (χ4n) is 0.936. The van der Waals surface area contributed by atoms with Crippen molar-refractivity contribution in [3.05, 3.63) is 16.1 Å². The summed E-state index contributed by atoms with van der Waals surface area (Å²) >= 11 is 1.58. The van der Waals surface area contributed by atoms with Gasteiger partial charge in [-0.25, -0.2) is 9.78 Å². The molecule has 0 aliphatic rings. The van der Waals surface area contributed by atoms with Gasteiger partial charge in [0.2, 0.25) is 0 Å². The number of thiazole rings is 1. The van der Waals surface area contributed by atoms with Crippen molar-refractivity contribution in [3.63, 3.8) is 0 Å². The lowest BCUT2D eigenvalue weighted by Gasteiger charge is -2.05. The van der Waals surface area contributed by atoms with Gasteiger partial charge in [-0.3, -0.25) is 0 Å². The Hall–Kier alpha value is -0.940. The minimum atomic E-state index is -0.950. The number of ether oxygens (including phenoxy) is 1. The molecule has 0 bridgehead atoms. The lowest BCUT2D eigenvalue weighted by Crippen LogP contribution is -2.19. The van der Waals surface area contributed by atoms with E-state index >= 15 is 0 Å². The van der Waals surface area contributed by atoms with E-state index in [2.05, 4.69) is 18.8 Å². The standard InChI is InChI=1S/C10H15NO3S/c1-6(2)9-11-8(5-15-9)4-14-7(3)10(12)13/h5-7H,4H2,1-3H3,(H,12,13)/t7-/m1/s1. The highest BCUT2D eigenvalue weighted by atomic mass is 32.1. The van der Waals surface area contributed by atoms with Crippen LogP contribution in [0.15, 0.2) is 5.38 Å². The maximum atomic E-state index is 10.5. The molecule has 0 aromatic carbocycles. The van der Waals surface area contributed by atoms with E-state index in [1.54, 1.807) is 11.3 Å². The van der Waals surface area contributed by atoms with Crippen LogP contribution < -0.4 is 0 Å². The summed E-state index contributed by atoms with van der Waals surface area (Å²) in [4.78, 5) is 14.8. The number of nitrogens with zero attached hydrogens (tertiary/aromatic N) is 1. The molecule has 0 radical (unpaired) electrons. The molecule has 5 heteroatoms. The van der Waals surface area contributed by atoms with Gasteiger partial charge in [-0.2, -0.15) is 0 Å². The van der Waals surface area contributed by atoms with E-state index in [9.17, 15) is 4.79 Å². The van der Waals surface area contributed by atoms with Crippen LogP contribution in [-0.4, -0.2) is 22.2 Å². The molecule has 84 valence electrons. The minimum absolute atomic E-state index is 0.261. The van der Waals surface area contributed by atoms with E-state index in [1.165, 1.54) is 6.92 Å². The van der Waals surface area contributed by atoms with Gasteiger partial charge >= 0.3 is 5.97 Å². The minimum Gasteiger partial charge on any atom is -0.479 e. The Morgan fingerprint density at radius 2 is 2.27 bits per heavy atom. The first kappa shape index (κ1) is 12.1. The molecule has 0 amide bonds. The molecule has 0 saturated heterocycles. The number of aliphatic carboxylic acids is 1. The number of aromatic nitrogens is 1. The summed E-state index contributed by atoms with van der Waals surface area (Å²) in [6.45, 7) is 5.92. The molecule has 1 aromatic heterocycles. The van der Waals surface area contributed by atoms with Gasteiger partial charge < -0.3 is 9.84 Å². The van der Waals surface area contributed by atoms with Gasteiger partial charge in [0.1, 0.15) is 0 Å². The zero-order valence-electron chi connectivity index (χ0n) is 9.06. The van der Waals surface area contributed by atoms with Crippen molar-refractivity contribution < 1.29 is 14.6 Å². The zero-order chi connectivity index (χ0) is 11.4. The highest BCUT2D eigenvalue weighted by Crippen LogP contribution is 2.19. The summed E-state index contributed by atoms with van der Waals surface area (Å²) in [5.74, 6) is -0.546. The first-order chi connectivity index (χ1) is 7.00. The fraction of sp³-hybridized carbons (Fsp3) is 0.600. The Bertz CT molecular complexity index is 335. The molecule has 0 aliphatic carbocycles. The van der Waals surface area contributed by atoms with Crippen molar-refractivity contribution in [3.8, 4) is 0 Å². The van der Waals surface area contributed by atoms with E-state index < -0.39 is 12.1 Å². The Morgan fingerprint density at radius 1 is 1.60 bits per heavy atom. The molecule has 1 heterocycles.